The lowest BCUT2D eigenvalue weighted by Gasteiger charge is -2.11. The summed E-state index contributed by atoms with van der Waals surface area (Å²) < 4.78 is 27.1. The van der Waals surface area contributed by atoms with Gasteiger partial charge >= 0.3 is 0 Å². The predicted molar refractivity (Wildman–Crippen MR) is 97.2 cm³/mol. The van der Waals surface area contributed by atoms with Gasteiger partial charge in [0.15, 0.2) is 23.1 Å². The van der Waals surface area contributed by atoms with E-state index in [-0.39, 0.29) is 17.2 Å². The maximum absolute atomic E-state index is 13.7. The Morgan fingerprint density at radius 2 is 1.63 bits per heavy atom. The van der Waals surface area contributed by atoms with Crippen LogP contribution in [-0.4, -0.2) is 15.0 Å². The molecule has 0 aliphatic heterocycles. The molecule has 5 nitrogen and oxygen atoms in total. The minimum atomic E-state index is -1.01. The van der Waals surface area contributed by atoms with E-state index in [0.717, 1.165) is 23.0 Å². The second-order valence-electron chi connectivity index (χ2n) is 5.81. The number of nitriles is 1. The molecule has 0 atom stereocenters. The average molecular weight is 359 g/mol. The van der Waals surface area contributed by atoms with Crippen molar-refractivity contribution >= 4 is 16.7 Å². The fourth-order valence-corrected chi connectivity index (χ4v) is 2.80. The van der Waals surface area contributed by atoms with Crippen LogP contribution in [0, 0.1) is 23.0 Å². The fourth-order valence-electron chi connectivity index (χ4n) is 2.80. The minimum Gasteiger partial charge on any atom is -0.381 e. The molecule has 2 heterocycles. The van der Waals surface area contributed by atoms with Gasteiger partial charge in [0.1, 0.15) is 6.07 Å². The molecule has 130 valence electrons. The summed E-state index contributed by atoms with van der Waals surface area (Å²) >= 11 is 0. The number of benzene rings is 2. The third kappa shape index (κ3) is 2.93. The molecule has 0 aliphatic rings. The largest absolute Gasteiger partial charge is 0.381 e. The topological polar surface area (TPSA) is 88.5 Å². The van der Waals surface area contributed by atoms with Crippen LogP contribution in [0.5, 0.6) is 0 Å². The molecular formula is C20H11F2N5. The standard InChI is InChI=1S/C20H11F2N5/c21-14-5-3-13(9-15(14)22)19-18(26-17(10-23)20(24)27-19)12-4-6-16-11(8-12)2-1-7-25-16/h1-9H,(H2,24,27). The highest BCUT2D eigenvalue weighted by molar-refractivity contribution is 5.87. The molecule has 4 rings (SSSR count). The molecule has 0 radical (unpaired) electrons. The van der Waals surface area contributed by atoms with Gasteiger partial charge in [-0.25, -0.2) is 18.7 Å². The van der Waals surface area contributed by atoms with Gasteiger partial charge < -0.3 is 5.73 Å². The van der Waals surface area contributed by atoms with Gasteiger partial charge in [0.2, 0.25) is 0 Å². The van der Waals surface area contributed by atoms with Crippen LogP contribution in [0.15, 0.2) is 54.7 Å². The molecule has 0 bridgehead atoms. The number of nitrogens with zero attached hydrogens (tertiary/aromatic N) is 4. The number of halogens is 2. The van der Waals surface area contributed by atoms with Crippen molar-refractivity contribution in [1.29, 1.82) is 5.26 Å². The zero-order valence-corrected chi connectivity index (χ0v) is 13.8. The first kappa shape index (κ1) is 16.5. The van der Waals surface area contributed by atoms with Crippen molar-refractivity contribution in [1.82, 2.24) is 15.0 Å². The molecule has 0 saturated heterocycles. The van der Waals surface area contributed by atoms with E-state index in [1.54, 1.807) is 18.3 Å². The summed E-state index contributed by atoms with van der Waals surface area (Å²) in [4.78, 5) is 12.8. The molecule has 0 spiro atoms. The highest BCUT2D eigenvalue weighted by Crippen LogP contribution is 2.32. The number of nitrogens with two attached hydrogens (primary N) is 1. The molecule has 0 amide bonds. The van der Waals surface area contributed by atoms with Gasteiger partial charge in [-0.3, -0.25) is 4.98 Å². The van der Waals surface area contributed by atoms with Gasteiger partial charge in [-0.15, -0.1) is 0 Å². The van der Waals surface area contributed by atoms with Gasteiger partial charge in [-0.1, -0.05) is 12.1 Å². The van der Waals surface area contributed by atoms with Crippen molar-refractivity contribution in [3.8, 4) is 28.6 Å². The van der Waals surface area contributed by atoms with Crippen LogP contribution in [0.25, 0.3) is 33.4 Å². The highest BCUT2D eigenvalue weighted by Gasteiger charge is 2.17. The number of aromatic nitrogens is 3. The lowest BCUT2D eigenvalue weighted by atomic mass is 10.0. The first-order chi connectivity index (χ1) is 13.1. The molecule has 0 aliphatic carbocycles. The van der Waals surface area contributed by atoms with E-state index in [0.29, 0.717) is 16.8 Å². The summed E-state index contributed by atoms with van der Waals surface area (Å²) in [6, 6.07) is 14.4. The Labute approximate surface area is 152 Å². The van der Waals surface area contributed by atoms with E-state index < -0.39 is 11.6 Å². The smallest absolute Gasteiger partial charge is 0.183 e. The van der Waals surface area contributed by atoms with Crippen LogP contribution in [0.1, 0.15) is 5.69 Å². The molecule has 2 N–H and O–H groups in total. The lowest BCUT2D eigenvalue weighted by molar-refractivity contribution is 0.509. The zero-order chi connectivity index (χ0) is 19.0. The van der Waals surface area contributed by atoms with Gasteiger partial charge in [0, 0.05) is 22.7 Å². The first-order valence-electron chi connectivity index (χ1n) is 7.95. The summed E-state index contributed by atoms with van der Waals surface area (Å²) in [7, 11) is 0. The maximum Gasteiger partial charge on any atom is 0.183 e. The van der Waals surface area contributed by atoms with Crippen LogP contribution in [0.3, 0.4) is 0 Å². The summed E-state index contributed by atoms with van der Waals surface area (Å²) in [6.07, 6.45) is 1.69. The van der Waals surface area contributed by atoms with Crippen LogP contribution in [0.4, 0.5) is 14.6 Å². The van der Waals surface area contributed by atoms with Crippen molar-refractivity contribution in [3.63, 3.8) is 0 Å². The number of nitrogen functional groups attached to an aromatic ring is 1. The first-order valence-corrected chi connectivity index (χ1v) is 7.95. The fraction of sp³-hybridized carbons (Fsp3) is 0. The molecule has 0 fully saturated rings. The van der Waals surface area contributed by atoms with Gasteiger partial charge in [-0.2, -0.15) is 5.26 Å². The van der Waals surface area contributed by atoms with E-state index in [1.807, 2.05) is 24.3 Å². The van der Waals surface area contributed by atoms with Crippen molar-refractivity contribution in [2.24, 2.45) is 0 Å². The van der Waals surface area contributed by atoms with Gasteiger partial charge in [0.25, 0.3) is 0 Å². The Morgan fingerprint density at radius 1 is 0.889 bits per heavy atom. The molecule has 4 aromatic rings. The number of fused-ring (bicyclic) bond motifs is 1. The Balaban J connectivity index is 1.99. The Bertz CT molecular complexity index is 1230. The number of hydrogen-bond donors (Lipinski definition) is 1. The van der Waals surface area contributed by atoms with Crippen molar-refractivity contribution < 1.29 is 8.78 Å². The molecule has 7 heteroatoms. The van der Waals surface area contributed by atoms with E-state index in [2.05, 4.69) is 15.0 Å². The Kier molecular flexibility index (Phi) is 3.94. The molecule has 0 saturated carbocycles. The highest BCUT2D eigenvalue weighted by atomic mass is 19.2. The predicted octanol–water partition coefficient (Wildman–Crippen LogP) is 4.09. The van der Waals surface area contributed by atoms with E-state index in [9.17, 15) is 14.0 Å². The molecule has 2 aromatic carbocycles. The van der Waals surface area contributed by atoms with E-state index in [4.69, 9.17) is 5.73 Å². The number of pyridine rings is 1. The second kappa shape index (κ2) is 6.42. The van der Waals surface area contributed by atoms with Crippen molar-refractivity contribution in [3.05, 3.63) is 72.1 Å². The van der Waals surface area contributed by atoms with Crippen molar-refractivity contribution in [2.75, 3.05) is 5.73 Å². The zero-order valence-electron chi connectivity index (χ0n) is 13.8. The normalized spacial score (nSPS) is 10.7. The monoisotopic (exact) mass is 359 g/mol. The quantitative estimate of drug-likeness (QED) is 0.582. The van der Waals surface area contributed by atoms with Crippen LogP contribution in [-0.2, 0) is 0 Å². The summed E-state index contributed by atoms with van der Waals surface area (Å²) in [6.45, 7) is 0. The molecule has 2 aromatic heterocycles. The third-order valence-corrected chi connectivity index (χ3v) is 4.10. The number of hydrogen-bond acceptors (Lipinski definition) is 5. The SMILES string of the molecule is N#Cc1nc(-c2ccc3ncccc3c2)c(-c2ccc(F)c(F)c2)nc1N. The van der Waals surface area contributed by atoms with E-state index >= 15 is 0 Å². The van der Waals surface area contributed by atoms with Crippen LogP contribution < -0.4 is 5.73 Å². The number of rotatable bonds is 2. The maximum atomic E-state index is 13.7. The molecular weight excluding hydrogens is 348 g/mol. The Hall–Kier alpha value is -3.92. The Morgan fingerprint density at radius 3 is 2.41 bits per heavy atom. The van der Waals surface area contributed by atoms with Gasteiger partial charge in [-0.05, 0) is 36.4 Å². The molecule has 0 unspecified atom stereocenters. The van der Waals surface area contributed by atoms with Gasteiger partial charge in [0.05, 0.1) is 16.9 Å². The van der Waals surface area contributed by atoms with Crippen LogP contribution in [0.2, 0.25) is 0 Å². The summed E-state index contributed by atoms with van der Waals surface area (Å²) in [5.74, 6) is -2.05. The number of anilines is 1. The summed E-state index contributed by atoms with van der Waals surface area (Å²) in [5.41, 5.74) is 8.11. The second-order valence-corrected chi connectivity index (χ2v) is 5.81. The minimum absolute atomic E-state index is 0.0392. The molecule has 27 heavy (non-hydrogen) atoms. The summed E-state index contributed by atoms with van der Waals surface area (Å²) in [5, 5.41) is 10.1. The average Bonchev–Trinajstić information content (AvgIpc) is 2.69. The van der Waals surface area contributed by atoms with Crippen LogP contribution >= 0.6 is 0 Å². The van der Waals surface area contributed by atoms with E-state index in [1.165, 1.54) is 6.07 Å². The third-order valence-electron chi connectivity index (χ3n) is 4.10. The van der Waals surface area contributed by atoms with Crippen molar-refractivity contribution in [2.45, 2.75) is 0 Å². The lowest BCUT2D eigenvalue weighted by Crippen LogP contribution is -2.03.